The van der Waals surface area contributed by atoms with Gasteiger partial charge in [-0.15, -0.1) is 0 Å². The molecule has 98 valence electrons. The molecule has 0 aromatic heterocycles. The standard InChI is InChI=1S/C14H20N2O2/c15-9-13-6-3-7-16(13)10-12-5-2-1-4-11(12)8-14(17)18/h1-2,4-5,13H,3,6-10,15H2,(H,17,18). The van der Waals surface area contributed by atoms with E-state index in [-0.39, 0.29) is 6.42 Å². The SMILES string of the molecule is NCC1CCCN1Cc1ccccc1CC(=O)O. The fraction of sp³-hybridized carbons (Fsp3) is 0.500. The van der Waals surface area contributed by atoms with Gasteiger partial charge in [0, 0.05) is 19.1 Å². The van der Waals surface area contributed by atoms with Gasteiger partial charge in [0.1, 0.15) is 0 Å². The highest BCUT2D eigenvalue weighted by Gasteiger charge is 2.23. The second-order valence-corrected chi connectivity index (χ2v) is 4.84. The molecule has 1 unspecified atom stereocenters. The molecule has 3 N–H and O–H groups in total. The van der Waals surface area contributed by atoms with Crippen LogP contribution in [0.15, 0.2) is 24.3 Å². The molecule has 4 heteroatoms. The van der Waals surface area contributed by atoms with Crippen molar-refractivity contribution in [3.8, 4) is 0 Å². The van der Waals surface area contributed by atoms with Crippen LogP contribution in [0.25, 0.3) is 0 Å². The summed E-state index contributed by atoms with van der Waals surface area (Å²) >= 11 is 0. The summed E-state index contributed by atoms with van der Waals surface area (Å²) in [6.45, 7) is 2.55. The minimum atomic E-state index is -0.778. The molecule has 1 aromatic carbocycles. The lowest BCUT2D eigenvalue weighted by Crippen LogP contribution is -2.35. The van der Waals surface area contributed by atoms with Gasteiger partial charge in [-0.25, -0.2) is 0 Å². The summed E-state index contributed by atoms with van der Waals surface area (Å²) in [6.07, 6.45) is 2.43. The van der Waals surface area contributed by atoms with E-state index >= 15 is 0 Å². The first-order valence-electron chi connectivity index (χ1n) is 6.43. The van der Waals surface area contributed by atoms with E-state index < -0.39 is 5.97 Å². The number of carboxylic acids is 1. The number of nitrogens with zero attached hydrogens (tertiary/aromatic N) is 1. The molecule has 0 saturated carbocycles. The van der Waals surface area contributed by atoms with Crippen LogP contribution in [0, 0.1) is 0 Å². The Hall–Kier alpha value is -1.39. The predicted molar refractivity (Wildman–Crippen MR) is 70.3 cm³/mol. The van der Waals surface area contributed by atoms with Crippen LogP contribution >= 0.6 is 0 Å². The van der Waals surface area contributed by atoms with Crippen molar-refractivity contribution in [2.24, 2.45) is 5.73 Å². The maximum absolute atomic E-state index is 10.8. The maximum atomic E-state index is 10.8. The van der Waals surface area contributed by atoms with Crippen LogP contribution in [0.1, 0.15) is 24.0 Å². The van der Waals surface area contributed by atoms with Crippen molar-refractivity contribution in [2.75, 3.05) is 13.1 Å². The van der Waals surface area contributed by atoms with E-state index in [1.165, 1.54) is 6.42 Å². The highest BCUT2D eigenvalue weighted by atomic mass is 16.4. The van der Waals surface area contributed by atoms with Gasteiger partial charge in [0.15, 0.2) is 0 Å². The summed E-state index contributed by atoms with van der Waals surface area (Å²) in [5.74, 6) is -0.778. The number of nitrogens with two attached hydrogens (primary N) is 1. The molecule has 0 radical (unpaired) electrons. The quantitative estimate of drug-likeness (QED) is 0.822. The Bertz CT molecular complexity index is 420. The minimum absolute atomic E-state index is 0.0945. The van der Waals surface area contributed by atoms with Crippen LogP contribution in [-0.2, 0) is 17.8 Å². The summed E-state index contributed by atoms with van der Waals surface area (Å²) in [5.41, 5.74) is 7.78. The summed E-state index contributed by atoms with van der Waals surface area (Å²) in [6, 6.07) is 8.23. The highest BCUT2D eigenvalue weighted by Crippen LogP contribution is 2.21. The van der Waals surface area contributed by atoms with Crippen molar-refractivity contribution in [3.63, 3.8) is 0 Å². The first kappa shape index (κ1) is 13.1. The fourth-order valence-electron chi connectivity index (χ4n) is 2.64. The monoisotopic (exact) mass is 248 g/mol. The number of carboxylic acid groups (broad SMARTS) is 1. The van der Waals surface area contributed by atoms with Gasteiger partial charge in [0.25, 0.3) is 0 Å². The molecule has 1 aliphatic rings. The summed E-state index contributed by atoms with van der Waals surface area (Å²) in [4.78, 5) is 13.2. The van der Waals surface area contributed by atoms with E-state index in [1.807, 2.05) is 24.3 Å². The van der Waals surface area contributed by atoms with Gasteiger partial charge in [-0.1, -0.05) is 24.3 Å². The lowest BCUT2D eigenvalue weighted by atomic mass is 10.0. The average molecular weight is 248 g/mol. The Morgan fingerprint density at radius 1 is 1.39 bits per heavy atom. The molecule has 0 spiro atoms. The van der Waals surface area contributed by atoms with E-state index in [9.17, 15) is 4.79 Å². The Labute approximate surface area is 107 Å². The molecule has 1 fully saturated rings. The lowest BCUT2D eigenvalue weighted by Gasteiger charge is -2.24. The lowest BCUT2D eigenvalue weighted by molar-refractivity contribution is -0.136. The van der Waals surface area contributed by atoms with Crippen LogP contribution in [0.5, 0.6) is 0 Å². The molecule has 1 aliphatic heterocycles. The molecule has 1 atom stereocenters. The van der Waals surface area contributed by atoms with Gasteiger partial charge < -0.3 is 10.8 Å². The van der Waals surface area contributed by atoms with E-state index in [0.29, 0.717) is 12.6 Å². The van der Waals surface area contributed by atoms with E-state index in [2.05, 4.69) is 4.90 Å². The maximum Gasteiger partial charge on any atom is 0.307 e. The predicted octanol–water partition coefficient (Wildman–Crippen LogP) is 1.24. The van der Waals surface area contributed by atoms with E-state index in [4.69, 9.17) is 10.8 Å². The van der Waals surface area contributed by atoms with Crippen molar-refractivity contribution in [3.05, 3.63) is 35.4 Å². The number of benzene rings is 1. The Kier molecular flexibility index (Phi) is 4.33. The van der Waals surface area contributed by atoms with Gasteiger partial charge in [-0.2, -0.15) is 0 Å². The molecule has 2 rings (SSSR count). The molecule has 0 amide bonds. The van der Waals surface area contributed by atoms with E-state index in [1.54, 1.807) is 0 Å². The van der Waals surface area contributed by atoms with Gasteiger partial charge in [0.2, 0.25) is 0 Å². The van der Waals surface area contributed by atoms with Gasteiger partial charge >= 0.3 is 5.97 Å². The van der Waals surface area contributed by atoms with Crippen LogP contribution in [0.2, 0.25) is 0 Å². The summed E-state index contributed by atoms with van der Waals surface area (Å²) in [7, 11) is 0. The Balaban J connectivity index is 2.10. The number of hydrogen-bond acceptors (Lipinski definition) is 3. The van der Waals surface area contributed by atoms with E-state index in [0.717, 1.165) is 30.6 Å². The molecule has 0 aliphatic carbocycles. The van der Waals surface area contributed by atoms with Crippen molar-refractivity contribution < 1.29 is 9.90 Å². The first-order chi connectivity index (χ1) is 8.70. The van der Waals surface area contributed by atoms with Gasteiger partial charge in [0.05, 0.1) is 6.42 Å². The second kappa shape index (κ2) is 5.98. The molecular formula is C14H20N2O2. The van der Waals surface area contributed by atoms with Crippen molar-refractivity contribution in [2.45, 2.75) is 31.8 Å². The third-order valence-corrected chi connectivity index (χ3v) is 3.60. The third-order valence-electron chi connectivity index (χ3n) is 3.60. The topological polar surface area (TPSA) is 66.6 Å². The minimum Gasteiger partial charge on any atom is -0.481 e. The van der Waals surface area contributed by atoms with Crippen LogP contribution in [-0.4, -0.2) is 35.1 Å². The number of hydrogen-bond donors (Lipinski definition) is 2. The number of likely N-dealkylation sites (tertiary alicyclic amines) is 1. The highest BCUT2D eigenvalue weighted by molar-refractivity contribution is 5.70. The fourth-order valence-corrected chi connectivity index (χ4v) is 2.64. The largest absolute Gasteiger partial charge is 0.481 e. The molecule has 0 bridgehead atoms. The summed E-state index contributed by atoms with van der Waals surface area (Å²) < 4.78 is 0. The van der Waals surface area contributed by atoms with Crippen molar-refractivity contribution in [1.82, 2.24) is 4.90 Å². The van der Waals surface area contributed by atoms with Gasteiger partial charge in [-0.05, 0) is 30.5 Å². The average Bonchev–Trinajstić information content (AvgIpc) is 2.78. The normalized spacial score (nSPS) is 20.2. The number of carbonyl (C=O) groups is 1. The smallest absolute Gasteiger partial charge is 0.307 e. The zero-order chi connectivity index (χ0) is 13.0. The first-order valence-corrected chi connectivity index (χ1v) is 6.43. The van der Waals surface area contributed by atoms with Crippen LogP contribution in [0.4, 0.5) is 0 Å². The molecular weight excluding hydrogens is 228 g/mol. The molecule has 4 nitrogen and oxygen atoms in total. The zero-order valence-corrected chi connectivity index (χ0v) is 10.5. The Morgan fingerprint density at radius 3 is 2.78 bits per heavy atom. The second-order valence-electron chi connectivity index (χ2n) is 4.84. The number of rotatable bonds is 5. The summed E-state index contributed by atoms with van der Waals surface area (Å²) in [5, 5.41) is 8.92. The van der Waals surface area contributed by atoms with Crippen molar-refractivity contribution >= 4 is 5.97 Å². The number of aliphatic carboxylic acids is 1. The third kappa shape index (κ3) is 3.09. The van der Waals surface area contributed by atoms with Crippen LogP contribution in [0.3, 0.4) is 0 Å². The molecule has 1 saturated heterocycles. The van der Waals surface area contributed by atoms with Crippen molar-refractivity contribution in [1.29, 1.82) is 0 Å². The van der Waals surface area contributed by atoms with Gasteiger partial charge in [-0.3, -0.25) is 9.69 Å². The Morgan fingerprint density at radius 2 is 2.11 bits per heavy atom. The molecule has 18 heavy (non-hydrogen) atoms. The zero-order valence-electron chi connectivity index (χ0n) is 10.5. The molecule has 1 heterocycles. The molecule has 1 aromatic rings. The van der Waals surface area contributed by atoms with Crippen LogP contribution < -0.4 is 5.73 Å².